The van der Waals surface area contributed by atoms with Gasteiger partial charge in [0.25, 0.3) is 0 Å². The van der Waals surface area contributed by atoms with Gasteiger partial charge in [0.05, 0.1) is 0 Å². The first-order chi connectivity index (χ1) is 13.5. The summed E-state index contributed by atoms with van der Waals surface area (Å²) in [6, 6.07) is 24.1. The number of aryl methyl sites for hydroxylation is 1. The average molecular weight is 517 g/mol. The van der Waals surface area contributed by atoms with Crippen LogP contribution in [0.4, 0.5) is 0 Å². The van der Waals surface area contributed by atoms with Crippen LogP contribution in [0, 0.1) is 14.4 Å². The summed E-state index contributed by atoms with van der Waals surface area (Å²) in [7, 11) is 0.736. The van der Waals surface area contributed by atoms with Gasteiger partial charge in [-0.2, -0.15) is 0 Å². The van der Waals surface area contributed by atoms with Gasteiger partial charge in [-0.1, -0.05) is 90.0 Å². The number of halogens is 1. The Hall–Kier alpha value is -1.56. The molecule has 0 fully saturated rings. The van der Waals surface area contributed by atoms with Gasteiger partial charge < -0.3 is 17.9 Å². The molecule has 0 radical (unpaired) electrons. The Kier molecular flexibility index (Phi) is 10.7. The van der Waals surface area contributed by atoms with E-state index in [0.717, 1.165) is 16.7 Å². The molecule has 3 aromatic rings. The van der Waals surface area contributed by atoms with E-state index in [0.29, 0.717) is 0 Å². The van der Waals surface area contributed by atoms with Crippen LogP contribution in [0.3, 0.4) is 0 Å². The third-order valence-electron chi connectivity index (χ3n) is 4.24. The van der Waals surface area contributed by atoms with Crippen molar-refractivity contribution in [2.75, 3.05) is 0 Å². The van der Waals surface area contributed by atoms with E-state index >= 15 is 0 Å². The van der Waals surface area contributed by atoms with Crippen molar-refractivity contribution in [1.82, 2.24) is 0 Å². The quantitative estimate of drug-likeness (QED) is 0.340. The predicted molar refractivity (Wildman–Crippen MR) is 117 cm³/mol. The second-order valence-electron chi connectivity index (χ2n) is 6.19. The molecule has 3 rings (SSSR count). The number of sulfonamides is 1. The summed E-state index contributed by atoms with van der Waals surface area (Å²) in [6.07, 6.45) is 0. The Morgan fingerprint density at radius 1 is 0.828 bits per heavy atom. The molecule has 0 aliphatic rings. The molecule has 0 bridgehead atoms. The molecule has 0 saturated carbocycles. The molecule has 0 amide bonds. The van der Waals surface area contributed by atoms with Crippen molar-refractivity contribution in [2.24, 2.45) is 5.73 Å². The minimum atomic E-state index is -3.83. The van der Waals surface area contributed by atoms with Crippen molar-refractivity contribution in [1.29, 1.82) is 0 Å². The second kappa shape index (κ2) is 12.2. The van der Waals surface area contributed by atoms with E-state index in [1.54, 1.807) is 24.3 Å². The molecule has 3 aromatic carbocycles. The van der Waals surface area contributed by atoms with E-state index in [2.05, 4.69) is 14.4 Å². The fraction of sp³-hybridized carbons (Fsp3) is 0.136. The molecule has 0 unspecified atom stereocenters. The van der Waals surface area contributed by atoms with E-state index in [4.69, 9.17) is 5.73 Å². The first-order valence-electron chi connectivity index (χ1n) is 8.50. The molecule has 155 valence electrons. The average Bonchev–Trinajstić information content (AvgIpc) is 2.74. The molecule has 29 heavy (non-hydrogen) atoms. The van der Waals surface area contributed by atoms with Crippen molar-refractivity contribution >= 4 is 19.7 Å². The van der Waals surface area contributed by atoms with Crippen LogP contribution >= 0.6 is 9.69 Å². The van der Waals surface area contributed by atoms with Gasteiger partial charge in [-0.15, -0.1) is 0 Å². The number of rotatable bonds is 6. The Balaban J connectivity index is 0.00000136. The molecule has 0 spiro atoms. The number of benzene rings is 3. The molecule has 2 atom stereocenters. The first kappa shape index (κ1) is 25.5. The summed E-state index contributed by atoms with van der Waals surface area (Å²) in [5.41, 5.74) is 9.01. The fourth-order valence-corrected chi connectivity index (χ4v) is 3.92. The Morgan fingerprint density at radius 3 is 1.76 bits per heavy atom. The van der Waals surface area contributed by atoms with Crippen LogP contribution in [0.2, 0.25) is 0 Å². The van der Waals surface area contributed by atoms with Crippen molar-refractivity contribution in [3.05, 3.63) is 114 Å². The van der Waals surface area contributed by atoms with Crippen LogP contribution < -0.4 is 5.73 Å². The molecule has 0 aliphatic carbocycles. The van der Waals surface area contributed by atoms with Gasteiger partial charge in [-0.25, -0.2) is 8.42 Å². The van der Waals surface area contributed by atoms with Gasteiger partial charge in [0.1, 0.15) is 10.0 Å². The number of nitrogens with zero attached hydrogens (tertiary/aromatic N) is 1. The van der Waals surface area contributed by atoms with Crippen LogP contribution in [0.25, 0.3) is 4.72 Å². The van der Waals surface area contributed by atoms with Gasteiger partial charge in [0.2, 0.25) is 0 Å². The zero-order valence-electron chi connectivity index (χ0n) is 16.2. The zero-order chi connectivity index (χ0) is 20.6. The van der Waals surface area contributed by atoms with Gasteiger partial charge in [-0.05, 0) is 24.6 Å². The van der Waals surface area contributed by atoms with Crippen LogP contribution in [-0.4, -0.2) is 8.42 Å². The van der Waals surface area contributed by atoms with Crippen LogP contribution in [0.15, 0.2) is 89.8 Å². The monoisotopic (exact) mass is 517 g/mol. The van der Waals surface area contributed by atoms with Crippen molar-refractivity contribution in [2.45, 2.75) is 23.9 Å². The summed E-state index contributed by atoms with van der Waals surface area (Å²) in [6.45, 7) is 1.91. The molecule has 0 aromatic heterocycles. The predicted octanol–water partition coefficient (Wildman–Crippen LogP) is 5.64. The third kappa shape index (κ3) is 7.02. The number of hydrogen-bond acceptors (Lipinski definition) is 3. The molecular formula is C22H24ClN2O2RuS. The molecule has 0 saturated heterocycles. The Labute approximate surface area is 188 Å². The number of hydrogen-bond donors (Lipinski definition) is 1. The van der Waals surface area contributed by atoms with E-state index in [1.807, 2.05) is 84.9 Å². The van der Waals surface area contributed by atoms with Crippen molar-refractivity contribution in [3.8, 4) is 0 Å². The van der Waals surface area contributed by atoms with E-state index in [1.165, 1.54) is 0 Å². The van der Waals surface area contributed by atoms with Crippen molar-refractivity contribution in [3.63, 3.8) is 0 Å². The van der Waals surface area contributed by atoms with E-state index in [-0.39, 0.29) is 12.3 Å². The zero-order valence-corrected chi connectivity index (χ0v) is 19.5. The van der Waals surface area contributed by atoms with Gasteiger partial charge in [0.15, 0.2) is 0 Å². The molecule has 2 N–H and O–H groups in total. The minimum absolute atomic E-state index is 0. The summed E-state index contributed by atoms with van der Waals surface area (Å²) in [5.74, 6) is 0. The summed E-state index contributed by atoms with van der Waals surface area (Å²) >= 11 is 1.82. The van der Waals surface area contributed by atoms with E-state index < -0.39 is 22.1 Å². The Bertz CT molecular complexity index is 953. The summed E-state index contributed by atoms with van der Waals surface area (Å²) in [4.78, 5) is 0.171. The van der Waals surface area contributed by atoms with Gasteiger partial charge >= 0.3 is 27.0 Å². The molecule has 0 aliphatic heterocycles. The van der Waals surface area contributed by atoms with Crippen LogP contribution in [0.5, 0.6) is 0 Å². The molecule has 0 heterocycles. The van der Waals surface area contributed by atoms with Crippen molar-refractivity contribution < 1.29 is 25.7 Å². The van der Waals surface area contributed by atoms with Gasteiger partial charge in [-0.3, -0.25) is 0 Å². The molecular weight excluding hydrogens is 493 g/mol. The summed E-state index contributed by atoms with van der Waals surface area (Å²) in [5, 5.41) is 0. The first-order valence-corrected chi connectivity index (χ1v) is 12.2. The molecule has 4 nitrogen and oxygen atoms in total. The Morgan fingerprint density at radius 2 is 1.28 bits per heavy atom. The maximum absolute atomic E-state index is 12.8. The second-order valence-corrected chi connectivity index (χ2v) is 7.82. The van der Waals surface area contributed by atoms with Crippen LogP contribution in [-0.2, 0) is 27.3 Å². The maximum atomic E-state index is 12.8. The summed E-state index contributed by atoms with van der Waals surface area (Å²) < 4.78 is 29.9. The van der Waals surface area contributed by atoms with E-state index in [9.17, 15) is 8.42 Å². The SMILES string of the molecule is Cc1ccc(S(=O)(=O)[N-][C@@H](c2ccccc2)[C@@H](N)c2ccccc2)cc1.[CH3-].[Cl][Ru+2]. The van der Waals surface area contributed by atoms with Gasteiger partial charge in [0, 0.05) is 10.9 Å². The fourth-order valence-electron chi connectivity index (χ4n) is 2.76. The molecule has 7 heteroatoms. The van der Waals surface area contributed by atoms with Crippen LogP contribution in [0.1, 0.15) is 28.8 Å². The number of nitrogens with two attached hydrogens (primary N) is 1. The topological polar surface area (TPSA) is 74.3 Å². The normalized spacial score (nSPS) is 12.7. The third-order valence-corrected chi connectivity index (χ3v) is 5.61. The standard InChI is InChI=1S/C21H21N2O2S.CH3.ClH.Ru/c1-16-12-14-19(15-13-16)26(24,25)23-21(18-10-6-3-7-11-18)20(22)17-8-4-2-5-9-17;;;/h2-15,20-21H,22H2,1H3;1H3;1H;/q2*-1;;+3/p-1/t20-,21-;;;/m0.../s1.